The molecule has 0 spiro atoms. The van der Waals surface area contributed by atoms with E-state index in [-0.39, 0.29) is 23.4 Å². The maximum Gasteiger partial charge on any atom is 0.422 e. The minimum atomic E-state index is -4.38. The molecular formula is C29H37F4NO4. The summed E-state index contributed by atoms with van der Waals surface area (Å²) < 4.78 is 61.6. The van der Waals surface area contributed by atoms with Crippen molar-refractivity contribution in [3.63, 3.8) is 0 Å². The van der Waals surface area contributed by atoms with Crippen molar-refractivity contribution in [2.45, 2.75) is 63.6 Å². The normalized spacial score (nSPS) is 20.3. The van der Waals surface area contributed by atoms with Gasteiger partial charge in [0.2, 0.25) is 0 Å². The predicted molar refractivity (Wildman–Crippen MR) is 137 cm³/mol. The second kappa shape index (κ2) is 12.9. The van der Waals surface area contributed by atoms with Crippen LogP contribution >= 0.6 is 0 Å². The highest BCUT2D eigenvalue weighted by Crippen LogP contribution is 2.51. The zero-order valence-corrected chi connectivity index (χ0v) is 22.1. The van der Waals surface area contributed by atoms with Crippen molar-refractivity contribution in [1.29, 1.82) is 0 Å². The number of alkyl halides is 3. The summed E-state index contributed by atoms with van der Waals surface area (Å²) in [5.74, 6) is -1.22. The van der Waals surface area contributed by atoms with Crippen LogP contribution < -0.4 is 10.1 Å². The van der Waals surface area contributed by atoms with Gasteiger partial charge >= 0.3 is 12.1 Å². The number of fused-ring (bicyclic) bond motifs is 1. The molecule has 0 saturated carbocycles. The molecule has 2 aromatic carbocycles. The quantitative estimate of drug-likeness (QED) is 0.244. The predicted octanol–water partition coefficient (Wildman–Crippen LogP) is 5.94. The van der Waals surface area contributed by atoms with Gasteiger partial charge in [0.1, 0.15) is 11.6 Å². The van der Waals surface area contributed by atoms with E-state index in [1.54, 1.807) is 18.2 Å². The van der Waals surface area contributed by atoms with Crippen LogP contribution in [0.15, 0.2) is 42.5 Å². The number of aliphatic carboxylic acids is 1. The summed E-state index contributed by atoms with van der Waals surface area (Å²) in [5.41, 5.74) is 1.78. The number of hydrogen-bond acceptors (Lipinski definition) is 4. The van der Waals surface area contributed by atoms with E-state index in [9.17, 15) is 27.5 Å². The number of ether oxygens (including phenoxy) is 2. The summed E-state index contributed by atoms with van der Waals surface area (Å²) in [5, 5.41) is 13.5. The van der Waals surface area contributed by atoms with E-state index >= 15 is 0 Å². The van der Waals surface area contributed by atoms with Crippen LogP contribution in [0.4, 0.5) is 17.6 Å². The fourth-order valence-electron chi connectivity index (χ4n) is 6.08. The van der Waals surface area contributed by atoms with Crippen LogP contribution in [0.25, 0.3) is 0 Å². The lowest BCUT2D eigenvalue weighted by atomic mass is 9.54. The Bertz CT molecular complexity index is 1070. The number of methoxy groups -OCH3 is 1. The van der Waals surface area contributed by atoms with Crippen molar-refractivity contribution >= 4 is 5.97 Å². The summed E-state index contributed by atoms with van der Waals surface area (Å²) in [6.07, 6.45) is -1.85. The number of nitrogens with one attached hydrogen (secondary N) is 1. The van der Waals surface area contributed by atoms with Gasteiger partial charge in [-0.05, 0) is 98.0 Å². The molecule has 2 aromatic rings. The lowest BCUT2D eigenvalue weighted by Crippen LogP contribution is -2.56. The second-order valence-electron chi connectivity index (χ2n) is 10.3. The third-order valence-corrected chi connectivity index (χ3v) is 7.61. The topological polar surface area (TPSA) is 67.8 Å². The smallest absolute Gasteiger partial charge is 0.422 e. The number of hydrogen-bond donors (Lipinski definition) is 2. The van der Waals surface area contributed by atoms with Crippen molar-refractivity contribution < 1.29 is 36.9 Å². The zero-order chi connectivity index (χ0) is 27.9. The highest BCUT2D eigenvalue weighted by atomic mass is 19.4. The van der Waals surface area contributed by atoms with E-state index in [0.29, 0.717) is 25.9 Å². The van der Waals surface area contributed by atoms with Gasteiger partial charge in [0, 0.05) is 12.5 Å². The van der Waals surface area contributed by atoms with Crippen molar-refractivity contribution in [3.8, 4) is 5.75 Å². The lowest BCUT2D eigenvalue weighted by molar-refractivity contribution is -0.158. The molecule has 0 saturated heterocycles. The first kappa shape index (κ1) is 29.9. The van der Waals surface area contributed by atoms with Gasteiger partial charge in [-0.1, -0.05) is 32.0 Å². The van der Waals surface area contributed by atoms with Gasteiger partial charge in [-0.15, -0.1) is 0 Å². The lowest BCUT2D eigenvalue weighted by Gasteiger charge is -2.51. The van der Waals surface area contributed by atoms with Crippen molar-refractivity contribution in [2.75, 3.05) is 26.8 Å². The van der Waals surface area contributed by atoms with Crippen LogP contribution in [-0.4, -0.2) is 50.2 Å². The molecule has 0 amide bonds. The summed E-state index contributed by atoms with van der Waals surface area (Å²) >= 11 is 0. The van der Waals surface area contributed by atoms with Crippen LogP contribution in [-0.2, 0) is 27.8 Å². The monoisotopic (exact) mass is 539 g/mol. The molecule has 210 valence electrons. The molecule has 3 unspecified atom stereocenters. The van der Waals surface area contributed by atoms with Crippen LogP contribution in [0.2, 0.25) is 0 Å². The van der Waals surface area contributed by atoms with Crippen LogP contribution in [0, 0.1) is 17.7 Å². The molecule has 9 heteroatoms. The number of halogens is 4. The van der Waals surface area contributed by atoms with E-state index in [4.69, 9.17) is 9.47 Å². The van der Waals surface area contributed by atoms with Crippen molar-refractivity contribution in [3.05, 3.63) is 65.0 Å². The SMILES string of the molecule is COC(C(=O)O)C1(C(C)C)c2ccc(F)cc2CCC1CCNCCCc1cccc(OCC(F)(F)F)c1. The summed E-state index contributed by atoms with van der Waals surface area (Å²) in [4.78, 5) is 12.3. The average molecular weight is 540 g/mol. The van der Waals surface area contributed by atoms with E-state index in [2.05, 4.69) is 5.32 Å². The number of benzene rings is 2. The van der Waals surface area contributed by atoms with Crippen LogP contribution in [0.5, 0.6) is 5.75 Å². The molecule has 0 aliphatic heterocycles. The van der Waals surface area contributed by atoms with Crippen molar-refractivity contribution in [1.82, 2.24) is 5.32 Å². The second-order valence-corrected chi connectivity index (χ2v) is 10.3. The molecule has 0 aromatic heterocycles. The molecule has 0 bridgehead atoms. The Morgan fingerprint density at radius 1 is 1.18 bits per heavy atom. The number of carbonyl (C=O) groups is 1. The standard InChI is InChI=1S/C29H37F4NO4/c1-19(2)29(26(37-3)27(35)36)22(10-9-21-17-23(30)11-12-25(21)29)13-15-34-14-5-7-20-6-4-8-24(16-20)38-18-28(31,32)33/h4,6,8,11-12,16-17,19,22,26,34H,5,7,9-10,13-15,18H2,1-3H3,(H,35,36). The van der Waals surface area contributed by atoms with Crippen molar-refractivity contribution in [2.24, 2.45) is 11.8 Å². The third kappa shape index (κ3) is 7.05. The van der Waals surface area contributed by atoms with E-state index in [1.165, 1.54) is 25.3 Å². The molecule has 2 N–H and O–H groups in total. The van der Waals surface area contributed by atoms with E-state index < -0.39 is 30.3 Å². The molecule has 3 rings (SSSR count). The first-order valence-electron chi connectivity index (χ1n) is 13.0. The Kier molecular flexibility index (Phi) is 10.2. The minimum absolute atomic E-state index is 0.0106. The summed E-state index contributed by atoms with van der Waals surface area (Å²) in [7, 11) is 1.42. The number of rotatable bonds is 13. The Labute approximate surface area is 221 Å². The molecule has 1 aliphatic carbocycles. The maximum absolute atomic E-state index is 14.0. The third-order valence-electron chi connectivity index (χ3n) is 7.61. The largest absolute Gasteiger partial charge is 0.484 e. The van der Waals surface area contributed by atoms with Gasteiger partial charge < -0.3 is 19.9 Å². The van der Waals surface area contributed by atoms with Gasteiger partial charge in [0.15, 0.2) is 12.7 Å². The van der Waals surface area contributed by atoms with Gasteiger partial charge in [-0.3, -0.25) is 0 Å². The Morgan fingerprint density at radius 2 is 1.95 bits per heavy atom. The molecule has 5 nitrogen and oxygen atoms in total. The van der Waals surface area contributed by atoms with E-state index in [1.807, 2.05) is 19.9 Å². The van der Waals surface area contributed by atoms with Gasteiger partial charge in [-0.25, -0.2) is 9.18 Å². The Morgan fingerprint density at radius 3 is 2.61 bits per heavy atom. The minimum Gasteiger partial charge on any atom is -0.484 e. The number of carboxylic acids is 1. The van der Waals surface area contributed by atoms with Gasteiger partial charge in [-0.2, -0.15) is 13.2 Å². The fraction of sp³-hybridized carbons (Fsp3) is 0.552. The summed E-state index contributed by atoms with van der Waals surface area (Å²) in [6, 6.07) is 11.3. The maximum atomic E-state index is 14.0. The van der Waals surface area contributed by atoms with Gasteiger partial charge in [0.05, 0.1) is 0 Å². The van der Waals surface area contributed by atoms with Gasteiger partial charge in [0.25, 0.3) is 0 Å². The number of carboxylic acid groups (broad SMARTS) is 1. The molecule has 0 fully saturated rings. The average Bonchev–Trinajstić information content (AvgIpc) is 2.85. The summed E-state index contributed by atoms with van der Waals surface area (Å²) in [6.45, 7) is 4.05. The Balaban J connectivity index is 1.62. The molecule has 1 aliphatic rings. The molecule has 38 heavy (non-hydrogen) atoms. The number of aryl methyl sites for hydroxylation is 2. The molecule has 3 atom stereocenters. The first-order chi connectivity index (χ1) is 18.0. The van der Waals surface area contributed by atoms with E-state index in [0.717, 1.165) is 36.0 Å². The van der Waals surface area contributed by atoms with Crippen LogP contribution in [0.3, 0.4) is 0 Å². The van der Waals surface area contributed by atoms with Crippen LogP contribution in [0.1, 0.15) is 49.8 Å². The Hall–Kier alpha value is -2.65. The highest BCUT2D eigenvalue weighted by molar-refractivity contribution is 5.75. The highest BCUT2D eigenvalue weighted by Gasteiger charge is 2.54. The zero-order valence-electron chi connectivity index (χ0n) is 22.1. The molecular weight excluding hydrogens is 502 g/mol. The molecule has 0 radical (unpaired) electrons. The fourth-order valence-corrected chi connectivity index (χ4v) is 6.08. The first-order valence-corrected chi connectivity index (χ1v) is 13.0. The molecule has 0 heterocycles.